The number of hydrogen-bond acceptors (Lipinski definition) is 4. The fourth-order valence-corrected chi connectivity index (χ4v) is 3.74. The van der Waals surface area contributed by atoms with Gasteiger partial charge in [0, 0.05) is 5.69 Å². The average molecular weight is 393 g/mol. The largest absolute Gasteiger partial charge is 0.465 e. The Labute approximate surface area is 166 Å². The fraction of sp³-hybridized carbons (Fsp3) is 0.130. The van der Waals surface area contributed by atoms with Crippen molar-refractivity contribution in [1.82, 2.24) is 0 Å². The van der Waals surface area contributed by atoms with Crippen molar-refractivity contribution in [2.45, 2.75) is 12.0 Å². The van der Waals surface area contributed by atoms with Crippen molar-refractivity contribution in [3.05, 3.63) is 101 Å². The van der Waals surface area contributed by atoms with Crippen LogP contribution in [0.1, 0.15) is 43.8 Å². The molecule has 2 unspecified atom stereocenters. The molecule has 0 fully saturated rings. The Kier molecular flexibility index (Phi) is 4.84. The number of nitrogens with one attached hydrogen (secondary N) is 1. The zero-order chi connectivity index (χ0) is 20.5. The molecule has 0 amide bonds. The maximum atomic E-state index is 13.6. The molecule has 1 aliphatic rings. The molecule has 1 heterocycles. The number of methoxy groups -OCH3 is 1. The van der Waals surface area contributed by atoms with Gasteiger partial charge in [0.1, 0.15) is 11.6 Å². The highest BCUT2D eigenvalue weighted by Gasteiger charge is 2.39. The molecule has 2 atom stereocenters. The van der Waals surface area contributed by atoms with Gasteiger partial charge in [-0.15, -0.1) is 0 Å². The fourth-order valence-electron chi connectivity index (χ4n) is 3.74. The summed E-state index contributed by atoms with van der Waals surface area (Å²) >= 11 is 0. The van der Waals surface area contributed by atoms with E-state index in [0.29, 0.717) is 16.8 Å². The summed E-state index contributed by atoms with van der Waals surface area (Å²) in [5.74, 6) is -2.45. The predicted molar refractivity (Wildman–Crippen MR) is 104 cm³/mol. The first-order valence-electron chi connectivity index (χ1n) is 9.02. The van der Waals surface area contributed by atoms with Crippen LogP contribution in [0.5, 0.6) is 0 Å². The van der Waals surface area contributed by atoms with Crippen LogP contribution >= 0.6 is 0 Å². The van der Waals surface area contributed by atoms with E-state index in [0.717, 1.165) is 0 Å². The van der Waals surface area contributed by atoms with Crippen LogP contribution in [-0.2, 0) is 4.74 Å². The van der Waals surface area contributed by atoms with E-state index >= 15 is 0 Å². The van der Waals surface area contributed by atoms with Gasteiger partial charge in [-0.1, -0.05) is 30.3 Å². The zero-order valence-corrected chi connectivity index (χ0v) is 15.5. The van der Waals surface area contributed by atoms with Crippen LogP contribution in [0.15, 0.2) is 66.7 Å². The minimum absolute atomic E-state index is 0.159. The third kappa shape index (κ3) is 3.38. The minimum Gasteiger partial charge on any atom is -0.465 e. The normalized spacial score (nSPS) is 18.0. The maximum absolute atomic E-state index is 13.6. The summed E-state index contributed by atoms with van der Waals surface area (Å²) in [7, 11) is 1.25. The van der Waals surface area contributed by atoms with Gasteiger partial charge in [0.25, 0.3) is 0 Å². The van der Waals surface area contributed by atoms with Gasteiger partial charge in [-0.3, -0.25) is 4.79 Å². The molecule has 146 valence electrons. The lowest BCUT2D eigenvalue weighted by Gasteiger charge is -2.35. The molecule has 4 rings (SSSR count). The molecule has 0 aromatic heterocycles. The number of carbonyl (C=O) groups excluding carboxylic acids is 2. The van der Waals surface area contributed by atoms with Crippen molar-refractivity contribution >= 4 is 17.4 Å². The first kappa shape index (κ1) is 18.8. The number of hydrogen-bond donors (Lipinski definition) is 1. The molecule has 0 radical (unpaired) electrons. The van der Waals surface area contributed by atoms with E-state index in [1.54, 1.807) is 36.4 Å². The SMILES string of the molecule is COC(=O)c1cccc2c1C(=O)C(c1ccc(F)cc1)C(c1ccc(F)cc1)N2. The van der Waals surface area contributed by atoms with Crippen LogP contribution in [0, 0.1) is 11.6 Å². The number of fused-ring (bicyclic) bond motifs is 1. The Hall–Kier alpha value is -3.54. The Bertz CT molecular complexity index is 1080. The molecule has 6 heteroatoms. The van der Waals surface area contributed by atoms with E-state index in [4.69, 9.17) is 4.74 Å². The van der Waals surface area contributed by atoms with Crippen molar-refractivity contribution in [3.8, 4) is 0 Å². The summed E-state index contributed by atoms with van der Waals surface area (Å²) in [6, 6.07) is 15.9. The molecule has 0 spiro atoms. The summed E-state index contributed by atoms with van der Waals surface area (Å²) in [6.45, 7) is 0. The number of Topliss-reactive ketones (excluding diaryl/α,β-unsaturated/α-hetero) is 1. The topological polar surface area (TPSA) is 55.4 Å². The Morgan fingerprint density at radius 1 is 0.897 bits per heavy atom. The van der Waals surface area contributed by atoms with Gasteiger partial charge in [-0.25, -0.2) is 13.6 Å². The second-order valence-electron chi connectivity index (χ2n) is 6.79. The predicted octanol–water partition coefficient (Wildman–Crippen LogP) is 4.88. The third-order valence-electron chi connectivity index (χ3n) is 5.10. The monoisotopic (exact) mass is 393 g/mol. The smallest absolute Gasteiger partial charge is 0.338 e. The van der Waals surface area contributed by atoms with Crippen LogP contribution in [-0.4, -0.2) is 18.9 Å². The number of halogens is 2. The van der Waals surface area contributed by atoms with E-state index in [-0.39, 0.29) is 22.7 Å². The van der Waals surface area contributed by atoms with Gasteiger partial charge in [0.15, 0.2) is 5.78 Å². The van der Waals surface area contributed by atoms with Crippen molar-refractivity contribution < 1.29 is 23.1 Å². The highest BCUT2D eigenvalue weighted by Crippen LogP contribution is 2.43. The van der Waals surface area contributed by atoms with Crippen LogP contribution in [0.25, 0.3) is 0 Å². The van der Waals surface area contributed by atoms with E-state index in [9.17, 15) is 18.4 Å². The molecular formula is C23H17F2NO3. The zero-order valence-electron chi connectivity index (χ0n) is 15.5. The lowest BCUT2D eigenvalue weighted by molar-refractivity contribution is 0.0596. The molecule has 1 aliphatic heterocycles. The van der Waals surface area contributed by atoms with Crippen LogP contribution < -0.4 is 5.32 Å². The van der Waals surface area contributed by atoms with Gasteiger partial charge in [-0.2, -0.15) is 0 Å². The second-order valence-corrected chi connectivity index (χ2v) is 6.79. The van der Waals surface area contributed by atoms with Gasteiger partial charge in [0.2, 0.25) is 0 Å². The van der Waals surface area contributed by atoms with Crippen molar-refractivity contribution in [2.24, 2.45) is 0 Å². The summed E-state index contributed by atoms with van der Waals surface area (Å²) in [6.07, 6.45) is 0. The summed E-state index contributed by atoms with van der Waals surface area (Å²) < 4.78 is 31.7. The molecule has 1 N–H and O–H groups in total. The highest BCUT2D eigenvalue weighted by atomic mass is 19.1. The third-order valence-corrected chi connectivity index (χ3v) is 5.10. The molecule has 0 saturated carbocycles. The Balaban J connectivity index is 1.89. The first-order chi connectivity index (χ1) is 14.0. The lowest BCUT2D eigenvalue weighted by Crippen LogP contribution is -2.33. The molecule has 3 aromatic carbocycles. The molecule has 0 saturated heterocycles. The average Bonchev–Trinajstić information content (AvgIpc) is 2.74. The van der Waals surface area contributed by atoms with Gasteiger partial charge in [0.05, 0.1) is 30.2 Å². The van der Waals surface area contributed by atoms with Gasteiger partial charge < -0.3 is 10.1 Å². The summed E-state index contributed by atoms with van der Waals surface area (Å²) in [4.78, 5) is 25.8. The van der Waals surface area contributed by atoms with Gasteiger partial charge in [-0.05, 0) is 47.5 Å². The number of ketones is 1. The molecule has 0 aliphatic carbocycles. The number of benzene rings is 3. The maximum Gasteiger partial charge on any atom is 0.338 e. The number of carbonyl (C=O) groups is 2. The summed E-state index contributed by atoms with van der Waals surface area (Å²) in [5, 5.41) is 3.30. The number of rotatable bonds is 3. The van der Waals surface area contributed by atoms with E-state index < -0.39 is 23.7 Å². The van der Waals surface area contributed by atoms with Crippen molar-refractivity contribution in [3.63, 3.8) is 0 Å². The van der Waals surface area contributed by atoms with Crippen molar-refractivity contribution in [1.29, 1.82) is 0 Å². The van der Waals surface area contributed by atoms with E-state index in [1.807, 2.05) is 0 Å². The minimum atomic E-state index is -0.737. The lowest BCUT2D eigenvalue weighted by atomic mass is 9.77. The standard InChI is InChI=1S/C23H17F2NO3/c1-29-23(28)17-3-2-4-18-20(17)22(27)19(13-5-9-15(24)10-6-13)21(26-18)14-7-11-16(25)12-8-14/h2-12,19,21,26H,1H3. The number of ether oxygens (including phenoxy) is 1. The van der Waals surface area contributed by atoms with Crippen LogP contribution in [0.4, 0.5) is 14.5 Å². The molecule has 3 aromatic rings. The van der Waals surface area contributed by atoms with Crippen LogP contribution in [0.3, 0.4) is 0 Å². The molecule has 4 nitrogen and oxygen atoms in total. The molecule has 29 heavy (non-hydrogen) atoms. The number of esters is 1. The van der Waals surface area contributed by atoms with E-state index in [2.05, 4.69) is 5.32 Å². The second kappa shape index (κ2) is 7.47. The van der Waals surface area contributed by atoms with E-state index in [1.165, 1.54) is 37.4 Å². The van der Waals surface area contributed by atoms with Crippen molar-refractivity contribution in [2.75, 3.05) is 12.4 Å². The number of anilines is 1. The summed E-state index contributed by atoms with van der Waals surface area (Å²) in [5.41, 5.74) is 2.16. The molecule has 0 bridgehead atoms. The quantitative estimate of drug-likeness (QED) is 0.644. The highest BCUT2D eigenvalue weighted by molar-refractivity contribution is 6.14. The Morgan fingerprint density at radius 3 is 2.07 bits per heavy atom. The van der Waals surface area contributed by atoms with Gasteiger partial charge >= 0.3 is 5.97 Å². The van der Waals surface area contributed by atoms with Crippen LogP contribution in [0.2, 0.25) is 0 Å². The molecular weight excluding hydrogens is 376 g/mol. The Morgan fingerprint density at radius 2 is 1.48 bits per heavy atom. The first-order valence-corrected chi connectivity index (χ1v) is 9.02.